The largest absolute Gasteiger partial charge is 0.325 e. The molecule has 0 spiro atoms. The van der Waals surface area contributed by atoms with Gasteiger partial charge in [0.25, 0.3) is 0 Å². The SMILES string of the molecule is C#Cc1cccc(NC(=O)CSc2ccccc2)c1. The molecule has 0 aliphatic carbocycles. The molecular weight excluding hydrogens is 254 g/mol. The van der Waals surface area contributed by atoms with Crippen molar-refractivity contribution >= 4 is 23.4 Å². The van der Waals surface area contributed by atoms with Gasteiger partial charge in [0.15, 0.2) is 0 Å². The minimum Gasteiger partial charge on any atom is -0.325 e. The van der Waals surface area contributed by atoms with Crippen molar-refractivity contribution in [2.24, 2.45) is 0 Å². The topological polar surface area (TPSA) is 29.1 Å². The quantitative estimate of drug-likeness (QED) is 0.679. The van der Waals surface area contributed by atoms with Gasteiger partial charge in [0, 0.05) is 16.1 Å². The molecule has 0 heterocycles. The molecule has 0 aliphatic rings. The number of hydrogen-bond acceptors (Lipinski definition) is 2. The Morgan fingerprint density at radius 3 is 2.68 bits per heavy atom. The van der Waals surface area contributed by atoms with E-state index in [1.54, 1.807) is 6.07 Å². The van der Waals surface area contributed by atoms with Gasteiger partial charge < -0.3 is 5.32 Å². The molecule has 94 valence electrons. The molecule has 0 fully saturated rings. The maximum absolute atomic E-state index is 11.8. The van der Waals surface area contributed by atoms with Crippen LogP contribution in [0.2, 0.25) is 0 Å². The summed E-state index contributed by atoms with van der Waals surface area (Å²) in [5.41, 5.74) is 1.49. The molecule has 0 saturated heterocycles. The zero-order valence-electron chi connectivity index (χ0n) is 10.3. The molecule has 0 saturated carbocycles. The molecule has 2 rings (SSSR count). The number of amides is 1. The lowest BCUT2D eigenvalue weighted by molar-refractivity contribution is -0.113. The summed E-state index contributed by atoms with van der Waals surface area (Å²) in [5, 5.41) is 2.83. The Balaban J connectivity index is 1.89. The summed E-state index contributed by atoms with van der Waals surface area (Å²) in [6.07, 6.45) is 5.32. The van der Waals surface area contributed by atoms with E-state index in [1.165, 1.54) is 11.8 Å². The summed E-state index contributed by atoms with van der Waals surface area (Å²) in [7, 11) is 0. The van der Waals surface area contributed by atoms with Crippen LogP contribution in [0.5, 0.6) is 0 Å². The van der Waals surface area contributed by atoms with Crippen molar-refractivity contribution < 1.29 is 4.79 Å². The zero-order valence-corrected chi connectivity index (χ0v) is 11.1. The third kappa shape index (κ3) is 4.20. The van der Waals surface area contributed by atoms with Crippen LogP contribution in [0.4, 0.5) is 5.69 Å². The lowest BCUT2D eigenvalue weighted by atomic mass is 10.2. The van der Waals surface area contributed by atoms with E-state index in [1.807, 2.05) is 48.5 Å². The third-order valence-electron chi connectivity index (χ3n) is 2.43. The van der Waals surface area contributed by atoms with Crippen LogP contribution in [-0.4, -0.2) is 11.7 Å². The number of carbonyl (C=O) groups is 1. The molecule has 0 aromatic heterocycles. The van der Waals surface area contributed by atoms with Gasteiger partial charge in [0.1, 0.15) is 0 Å². The monoisotopic (exact) mass is 267 g/mol. The average molecular weight is 267 g/mol. The van der Waals surface area contributed by atoms with Gasteiger partial charge in [0.05, 0.1) is 5.75 Å². The van der Waals surface area contributed by atoms with Crippen LogP contribution in [0.3, 0.4) is 0 Å². The Bertz CT molecular complexity index is 602. The molecule has 0 aliphatic heterocycles. The van der Waals surface area contributed by atoms with E-state index in [-0.39, 0.29) is 5.91 Å². The molecule has 1 N–H and O–H groups in total. The first kappa shape index (κ1) is 13.3. The van der Waals surface area contributed by atoms with E-state index in [0.29, 0.717) is 5.75 Å². The highest BCUT2D eigenvalue weighted by Gasteiger charge is 2.03. The predicted octanol–water partition coefficient (Wildman–Crippen LogP) is 3.40. The Kier molecular flexibility index (Phi) is 4.66. The van der Waals surface area contributed by atoms with Gasteiger partial charge in [0.2, 0.25) is 5.91 Å². The molecule has 0 unspecified atom stereocenters. The van der Waals surface area contributed by atoms with Crippen molar-refractivity contribution in [2.45, 2.75) is 4.90 Å². The van der Waals surface area contributed by atoms with Crippen LogP contribution in [0.25, 0.3) is 0 Å². The average Bonchev–Trinajstić information content (AvgIpc) is 2.46. The molecule has 2 aromatic carbocycles. The van der Waals surface area contributed by atoms with Crippen molar-refractivity contribution in [3.8, 4) is 12.3 Å². The summed E-state index contributed by atoms with van der Waals surface area (Å²) in [6, 6.07) is 17.1. The van der Waals surface area contributed by atoms with Gasteiger partial charge in [-0.3, -0.25) is 4.79 Å². The molecule has 0 bridgehead atoms. The smallest absolute Gasteiger partial charge is 0.234 e. The van der Waals surface area contributed by atoms with Crippen molar-refractivity contribution in [3.63, 3.8) is 0 Å². The maximum atomic E-state index is 11.8. The van der Waals surface area contributed by atoms with Gasteiger partial charge in [-0.1, -0.05) is 30.2 Å². The number of benzene rings is 2. The van der Waals surface area contributed by atoms with Crippen molar-refractivity contribution in [2.75, 3.05) is 11.1 Å². The standard InChI is InChI=1S/C16H13NOS/c1-2-13-7-6-8-14(11-13)17-16(18)12-19-15-9-4-3-5-10-15/h1,3-11H,12H2,(H,17,18). The van der Waals surface area contributed by atoms with Crippen molar-refractivity contribution in [3.05, 3.63) is 60.2 Å². The molecule has 0 atom stereocenters. The zero-order chi connectivity index (χ0) is 13.5. The number of terminal acetylenes is 1. The fourth-order valence-corrected chi connectivity index (χ4v) is 2.27. The fourth-order valence-electron chi connectivity index (χ4n) is 1.55. The second-order valence-electron chi connectivity index (χ2n) is 3.88. The van der Waals surface area contributed by atoms with E-state index in [2.05, 4.69) is 11.2 Å². The molecule has 1 amide bonds. The van der Waals surface area contributed by atoms with Gasteiger partial charge in [-0.2, -0.15) is 0 Å². The maximum Gasteiger partial charge on any atom is 0.234 e. The van der Waals surface area contributed by atoms with E-state index in [9.17, 15) is 4.79 Å². The Morgan fingerprint density at radius 1 is 1.16 bits per heavy atom. The van der Waals surface area contributed by atoms with Crippen molar-refractivity contribution in [1.29, 1.82) is 0 Å². The highest BCUT2D eigenvalue weighted by Crippen LogP contribution is 2.17. The number of carbonyl (C=O) groups excluding carboxylic acids is 1. The molecule has 2 aromatic rings. The van der Waals surface area contributed by atoms with Crippen LogP contribution >= 0.6 is 11.8 Å². The van der Waals surface area contributed by atoms with Crippen LogP contribution in [0.1, 0.15) is 5.56 Å². The predicted molar refractivity (Wildman–Crippen MR) is 80.2 cm³/mol. The van der Waals surface area contributed by atoms with E-state index in [4.69, 9.17) is 6.42 Å². The minimum absolute atomic E-state index is 0.0389. The first-order valence-corrected chi connectivity index (χ1v) is 6.81. The highest BCUT2D eigenvalue weighted by molar-refractivity contribution is 8.00. The second kappa shape index (κ2) is 6.67. The molecule has 0 radical (unpaired) electrons. The van der Waals surface area contributed by atoms with E-state index >= 15 is 0 Å². The molecule has 19 heavy (non-hydrogen) atoms. The third-order valence-corrected chi connectivity index (χ3v) is 3.44. The Hall–Kier alpha value is -2.18. The van der Waals surface area contributed by atoms with Crippen LogP contribution < -0.4 is 5.32 Å². The van der Waals surface area contributed by atoms with Gasteiger partial charge in [-0.15, -0.1) is 18.2 Å². The number of hydrogen-bond donors (Lipinski definition) is 1. The van der Waals surface area contributed by atoms with Crippen LogP contribution in [0, 0.1) is 12.3 Å². The number of rotatable bonds is 4. The van der Waals surface area contributed by atoms with Gasteiger partial charge >= 0.3 is 0 Å². The fraction of sp³-hybridized carbons (Fsp3) is 0.0625. The molecular formula is C16H13NOS. The minimum atomic E-state index is -0.0389. The van der Waals surface area contributed by atoms with E-state index in [0.717, 1.165) is 16.1 Å². The first-order chi connectivity index (χ1) is 9.28. The number of thioether (sulfide) groups is 1. The summed E-state index contributed by atoms with van der Waals surface area (Å²) in [5.74, 6) is 2.88. The molecule has 3 heteroatoms. The Labute approximate surface area is 117 Å². The number of nitrogens with one attached hydrogen (secondary N) is 1. The first-order valence-electron chi connectivity index (χ1n) is 5.82. The van der Waals surface area contributed by atoms with Gasteiger partial charge in [-0.25, -0.2) is 0 Å². The summed E-state index contributed by atoms with van der Waals surface area (Å²) >= 11 is 1.51. The summed E-state index contributed by atoms with van der Waals surface area (Å²) in [6.45, 7) is 0. The van der Waals surface area contributed by atoms with Gasteiger partial charge in [-0.05, 0) is 30.3 Å². The van der Waals surface area contributed by atoms with E-state index < -0.39 is 0 Å². The molecule has 2 nitrogen and oxygen atoms in total. The lowest BCUT2D eigenvalue weighted by Crippen LogP contribution is -2.13. The Morgan fingerprint density at radius 2 is 1.95 bits per heavy atom. The normalized spacial score (nSPS) is 9.63. The number of anilines is 1. The van der Waals surface area contributed by atoms with Crippen LogP contribution in [-0.2, 0) is 4.79 Å². The van der Waals surface area contributed by atoms with Crippen molar-refractivity contribution in [1.82, 2.24) is 0 Å². The second-order valence-corrected chi connectivity index (χ2v) is 4.92. The lowest BCUT2D eigenvalue weighted by Gasteiger charge is -2.05. The summed E-state index contributed by atoms with van der Waals surface area (Å²) < 4.78 is 0. The summed E-state index contributed by atoms with van der Waals surface area (Å²) in [4.78, 5) is 12.9. The van der Waals surface area contributed by atoms with Crippen LogP contribution in [0.15, 0.2) is 59.5 Å². The highest BCUT2D eigenvalue weighted by atomic mass is 32.2.